The fraction of sp³-hybridized carbons (Fsp3) is 0.250. The molecule has 0 fully saturated rings. The predicted octanol–water partition coefficient (Wildman–Crippen LogP) is 7.06. The van der Waals surface area contributed by atoms with Crippen LogP contribution in [-0.2, 0) is 6.42 Å². The van der Waals surface area contributed by atoms with Crippen LogP contribution in [0.2, 0.25) is 0 Å². The van der Waals surface area contributed by atoms with Gasteiger partial charge in [0.1, 0.15) is 11.6 Å². The molecular formula is C24H19F5. The van der Waals surface area contributed by atoms with Crippen LogP contribution in [0.15, 0.2) is 36.4 Å². The first-order chi connectivity index (χ1) is 13.9. The molecular weight excluding hydrogens is 383 g/mol. The SMILES string of the molecule is CCCCCCc1ccc(C#Cc2cc(F)c3c(F)c(F)c(F)cc3c2)c(F)c1. The van der Waals surface area contributed by atoms with Gasteiger partial charge in [-0.3, -0.25) is 0 Å². The topological polar surface area (TPSA) is 0 Å². The zero-order valence-electron chi connectivity index (χ0n) is 15.9. The van der Waals surface area contributed by atoms with Crippen molar-refractivity contribution in [2.45, 2.75) is 39.0 Å². The van der Waals surface area contributed by atoms with Gasteiger partial charge < -0.3 is 0 Å². The van der Waals surface area contributed by atoms with Gasteiger partial charge in [0.2, 0.25) is 0 Å². The molecule has 0 bridgehead atoms. The summed E-state index contributed by atoms with van der Waals surface area (Å²) >= 11 is 0. The van der Waals surface area contributed by atoms with E-state index in [2.05, 4.69) is 18.8 Å². The molecule has 0 saturated heterocycles. The Balaban J connectivity index is 1.86. The molecule has 3 aromatic rings. The third kappa shape index (κ3) is 4.76. The third-order valence-corrected chi connectivity index (χ3v) is 4.72. The Morgan fingerprint density at radius 1 is 0.724 bits per heavy atom. The van der Waals surface area contributed by atoms with Crippen molar-refractivity contribution in [3.8, 4) is 11.8 Å². The van der Waals surface area contributed by atoms with E-state index in [-0.39, 0.29) is 16.5 Å². The number of hydrogen-bond donors (Lipinski definition) is 0. The summed E-state index contributed by atoms with van der Waals surface area (Å²) in [6.07, 6.45) is 5.15. The number of hydrogen-bond acceptors (Lipinski definition) is 0. The summed E-state index contributed by atoms with van der Waals surface area (Å²) in [6.45, 7) is 2.12. The summed E-state index contributed by atoms with van der Waals surface area (Å²) < 4.78 is 69.0. The fourth-order valence-corrected chi connectivity index (χ4v) is 3.17. The molecule has 0 radical (unpaired) electrons. The molecule has 0 aliphatic carbocycles. The minimum absolute atomic E-state index is 0.100. The molecule has 3 rings (SSSR count). The van der Waals surface area contributed by atoms with E-state index >= 15 is 0 Å². The second-order valence-corrected chi connectivity index (χ2v) is 6.92. The van der Waals surface area contributed by atoms with Gasteiger partial charge in [0, 0.05) is 5.56 Å². The Labute approximate surface area is 166 Å². The Bertz CT molecular complexity index is 1110. The summed E-state index contributed by atoms with van der Waals surface area (Å²) in [6, 6.07) is 7.64. The van der Waals surface area contributed by atoms with Crippen molar-refractivity contribution < 1.29 is 22.0 Å². The van der Waals surface area contributed by atoms with Gasteiger partial charge in [0.25, 0.3) is 0 Å². The maximum Gasteiger partial charge on any atom is 0.195 e. The zero-order chi connectivity index (χ0) is 21.0. The van der Waals surface area contributed by atoms with Crippen molar-refractivity contribution in [1.82, 2.24) is 0 Å². The van der Waals surface area contributed by atoms with Gasteiger partial charge in [-0.15, -0.1) is 0 Å². The Morgan fingerprint density at radius 2 is 1.52 bits per heavy atom. The van der Waals surface area contributed by atoms with E-state index in [1.165, 1.54) is 12.1 Å². The van der Waals surface area contributed by atoms with Gasteiger partial charge in [-0.25, -0.2) is 22.0 Å². The quantitative estimate of drug-likeness (QED) is 0.186. The molecule has 150 valence electrons. The van der Waals surface area contributed by atoms with E-state index in [0.29, 0.717) is 6.07 Å². The second-order valence-electron chi connectivity index (χ2n) is 6.92. The van der Waals surface area contributed by atoms with E-state index in [4.69, 9.17) is 0 Å². The normalized spacial score (nSPS) is 10.8. The van der Waals surface area contributed by atoms with Crippen molar-refractivity contribution in [2.24, 2.45) is 0 Å². The van der Waals surface area contributed by atoms with Crippen molar-refractivity contribution >= 4 is 10.8 Å². The summed E-state index contributed by atoms with van der Waals surface area (Å²) in [5, 5.41) is -0.804. The van der Waals surface area contributed by atoms with Crippen molar-refractivity contribution in [3.63, 3.8) is 0 Å². The highest BCUT2D eigenvalue weighted by Gasteiger charge is 2.17. The smallest absolute Gasteiger partial charge is 0.195 e. The van der Waals surface area contributed by atoms with Crippen LogP contribution in [0.4, 0.5) is 22.0 Å². The minimum Gasteiger partial charge on any atom is -0.206 e. The van der Waals surface area contributed by atoms with Gasteiger partial charge >= 0.3 is 0 Å². The second kappa shape index (κ2) is 9.09. The Hall–Kier alpha value is -2.87. The maximum atomic E-state index is 14.3. The standard InChI is InChI=1S/C24H19F5/c1-2-3-4-5-6-15-7-9-17(19(25)12-15)10-8-16-11-18-14-21(27)23(28)24(29)22(18)20(26)13-16/h7,9,11-14H,2-6H2,1H3. The molecule has 0 saturated carbocycles. The van der Waals surface area contributed by atoms with Gasteiger partial charge in [-0.1, -0.05) is 44.1 Å². The van der Waals surface area contributed by atoms with Crippen molar-refractivity contribution in [1.29, 1.82) is 0 Å². The molecule has 0 amide bonds. The number of benzene rings is 3. The van der Waals surface area contributed by atoms with Gasteiger partial charge in [0.05, 0.1) is 10.9 Å². The molecule has 0 N–H and O–H groups in total. The highest BCUT2D eigenvalue weighted by atomic mass is 19.2. The fourth-order valence-electron chi connectivity index (χ4n) is 3.17. The highest BCUT2D eigenvalue weighted by molar-refractivity contribution is 5.85. The van der Waals surface area contributed by atoms with Crippen molar-refractivity contribution in [3.05, 3.63) is 82.2 Å². The first-order valence-electron chi connectivity index (χ1n) is 9.48. The van der Waals surface area contributed by atoms with E-state index in [9.17, 15) is 22.0 Å². The molecule has 0 heterocycles. The number of rotatable bonds is 5. The van der Waals surface area contributed by atoms with E-state index in [1.54, 1.807) is 12.1 Å². The van der Waals surface area contributed by atoms with Gasteiger partial charge in [-0.2, -0.15) is 0 Å². The monoisotopic (exact) mass is 402 g/mol. The van der Waals surface area contributed by atoms with Crippen LogP contribution in [0, 0.1) is 40.9 Å². The molecule has 0 aromatic heterocycles. The van der Waals surface area contributed by atoms with Crippen LogP contribution in [0.1, 0.15) is 49.3 Å². The molecule has 0 nitrogen and oxygen atoms in total. The molecule has 0 aliphatic rings. The number of fused-ring (bicyclic) bond motifs is 1. The first kappa shape index (κ1) is 20.9. The Kier molecular flexibility index (Phi) is 6.53. The first-order valence-corrected chi connectivity index (χ1v) is 9.48. The molecule has 0 aliphatic heterocycles. The van der Waals surface area contributed by atoms with E-state index < -0.39 is 34.5 Å². The van der Waals surface area contributed by atoms with Gasteiger partial charge in [-0.05, 0) is 54.1 Å². The number of halogens is 5. The predicted molar refractivity (Wildman–Crippen MR) is 104 cm³/mol. The summed E-state index contributed by atoms with van der Waals surface area (Å²) in [7, 11) is 0. The lowest BCUT2D eigenvalue weighted by molar-refractivity contribution is 0.451. The van der Waals surface area contributed by atoms with Crippen molar-refractivity contribution in [2.75, 3.05) is 0 Å². The van der Waals surface area contributed by atoms with E-state index in [1.807, 2.05) is 0 Å². The number of aryl methyl sites for hydroxylation is 1. The van der Waals surface area contributed by atoms with Gasteiger partial charge in [0.15, 0.2) is 17.5 Å². The average Bonchev–Trinajstić information content (AvgIpc) is 2.68. The summed E-state index contributed by atoms with van der Waals surface area (Å²) in [4.78, 5) is 0. The molecule has 29 heavy (non-hydrogen) atoms. The lowest BCUT2D eigenvalue weighted by Gasteiger charge is -2.05. The van der Waals surface area contributed by atoms with Crippen LogP contribution < -0.4 is 0 Å². The van der Waals surface area contributed by atoms with Crippen LogP contribution >= 0.6 is 0 Å². The van der Waals surface area contributed by atoms with Crippen LogP contribution in [0.25, 0.3) is 10.8 Å². The van der Waals surface area contributed by atoms with E-state index in [0.717, 1.165) is 43.7 Å². The average molecular weight is 402 g/mol. The Morgan fingerprint density at radius 3 is 2.24 bits per heavy atom. The third-order valence-electron chi connectivity index (χ3n) is 4.72. The van der Waals surface area contributed by atoms with Crippen LogP contribution in [0.3, 0.4) is 0 Å². The molecule has 0 spiro atoms. The zero-order valence-corrected chi connectivity index (χ0v) is 15.9. The summed E-state index contributed by atoms with van der Waals surface area (Å²) in [5.74, 6) is -1.07. The maximum absolute atomic E-state index is 14.3. The minimum atomic E-state index is -1.73. The lowest BCUT2D eigenvalue weighted by atomic mass is 10.0. The lowest BCUT2D eigenvalue weighted by Crippen LogP contribution is -1.95. The van der Waals surface area contributed by atoms with Crippen LogP contribution in [-0.4, -0.2) is 0 Å². The highest BCUT2D eigenvalue weighted by Crippen LogP contribution is 2.26. The number of unbranched alkanes of at least 4 members (excludes halogenated alkanes) is 3. The molecule has 0 atom stereocenters. The largest absolute Gasteiger partial charge is 0.206 e. The van der Waals surface area contributed by atoms with Crippen LogP contribution in [0.5, 0.6) is 0 Å². The molecule has 5 heteroatoms. The molecule has 3 aromatic carbocycles. The molecule has 0 unspecified atom stereocenters. The summed E-state index contributed by atoms with van der Waals surface area (Å²) in [5.41, 5.74) is 1.12.